The second-order valence-electron chi connectivity index (χ2n) is 6.38. The van der Waals surface area contributed by atoms with E-state index in [1.54, 1.807) is 31.2 Å². The highest BCUT2D eigenvalue weighted by molar-refractivity contribution is 7.89. The standard InChI is InChI=1S/C20H23NO7S/c1-14-7-8-15(13-18(14)29(23,24)21-9-11-27-12-10-21)20(22)28-19-16(25-2)5-4-6-17(19)26-3/h4-8,13H,9-12H2,1-3H3. The van der Waals surface area contributed by atoms with Crippen molar-refractivity contribution in [2.75, 3.05) is 40.5 Å². The maximum absolute atomic E-state index is 13.0. The molecule has 1 saturated heterocycles. The Morgan fingerprint density at radius 2 is 1.66 bits per heavy atom. The highest BCUT2D eigenvalue weighted by Gasteiger charge is 2.29. The van der Waals surface area contributed by atoms with Crippen molar-refractivity contribution < 1.29 is 32.2 Å². The van der Waals surface area contributed by atoms with Gasteiger partial charge in [-0.1, -0.05) is 12.1 Å². The number of esters is 1. The number of carbonyl (C=O) groups excluding carboxylic acids is 1. The maximum atomic E-state index is 13.0. The Morgan fingerprint density at radius 1 is 1.03 bits per heavy atom. The van der Waals surface area contributed by atoms with Crippen LogP contribution in [0.3, 0.4) is 0 Å². The van der Waals surface area contributed by atoms with E-state index in [-0.39, 0.29) is 29.3 Å². The molecule has 1 fully saturated rings. The van der Waals surface area contributed by atoms with E-state index >= 15 is 0 Å². The Hall–Kier alpha value is -2.62. The first kappa shape index (κ1) is 21.1. The van der Waals surface area contributed by atoms with Gasteiger partial charge in [-0.15, -0.1) is 0 Å². The third kappa shape index (κ3) is 4.36. The molecule has 29 heavy (non-hydrogen) atoms. The van der Waals surface area contributed by atoms with Gasteiger partial charge in [0.1, 0.15) is 0 Å². The minimum absolute atomic E-state index is 0.0702. The van der Waals surface area contributed by atoms with Crippen molar-refractivity contribution in [3.05, 3.63) is 47.5 Å². The number of para-hydroxylation sites is 1. The summed E-state index contributed by atoms with van der Waals surface area (Å²) in [6, 6.07) is 9.42. The van der Waals surface area contributed by atoms with E-state index in [0.717, 1.165) is 0 Å². The average Bonchev–Trinajstić information content (AvgIpc) is 2.74. The third-order valence-corrected chi connectivity index (χ3v) is 6.63. The van der Waals surface area contributed by atoms with E-state index in [2.05, 4.69) is 0 Å². The van der Waals surface area contributed by atoms with Crippen molar-refractivity contribution in [3.8, 4) is 17.2 Å². The average molecular weight is 421 g/mol. The van der Waals surface area contributed by atoms with Gasteiger partial charge in [0.25, 0.3) is 0 Å². The van der Waals surface area contributed by atoms with E-state index in [1.807, 2.05) is 0 Å². The van der Waals surface area contributed by atoms with Gasteiger partial charge in [-0.25, -0.2) is 13.2 Å². The Balaban J connectivity index is 1.93. The van der Waals surface area contributed by atoms with Gasteiger partial charge >= 0.3 is 5.97 Å². The third-order valence-electron chi connectivity index (χ3n) is 4.59. The number of carbonyl (C=O) groups is 1. The van der Waals surface area contributed by atoms with E-state index in [1.165, 1.54) is 30.7 Å². The molecule has 2 aromatic rings. The molecule has 0 unspecified atom stereocenters. The van der Waals surface area contributed by atoms with Crippen LogP contribution in [0.4, 0.5) is 0 Å². The van der Waals surface area contributed by atoms with E-state index in [0.29, 0.717) is 30.3 Å². The molecule has 8 nitrogen and oxygen atoms in total. The SMILES string of the molecule is COc1cccc(OC)c1OC(=O)c1ccc(C)c(S(=O)(=O)N2CCOCC2)c1. The molecule has 0 bridgehead atoms. The Kier molecular flexibility index (Phi) is 6.41. The summed E-state index contributed by atoms with van der Waals surface area (Å²) in [5, 5.41) is 0. The second kappa shape index (κ2) is 8.81. The zero-order valence-corrected chi connectivity index (χ0v) is 17.3. The van der Waals surface area contributed by atoms with Crippen LogP contribution in [0.25, 0.3) is 0 Å². The van der Waals surface area contributed by atoms with Crippen LogP contribution in [0.5, 0.6) is 17.2 Å². The lowest BCUT2D eigenvalue weighted by molar-refractivity contribution is 0.0721. The number of methoxy groups -OCH3 is 2. The van der Waals surface area contributed by atoms with Gasteiger partial charge in [-0.3, -0.25) is 0 Å². The van der Waals surface area contributed by atoms with Crippen LogP contribution in [0, 0.1) is 6.92 Å². The van der Waals surface area contributed by atoms with Gasteiger partial charge in [-0.2, -0.15) is 4.31 Å². The number of nitrogens with zero attached hydrogens (tertiary/aromatic N) is 1. The predicted octanol–water partition coefficient (Wildman–Crippen LogP) is 2.25. The van der Waals surface area contributed by atoms with Gasteiger partial charge in [0.15, 0.2) is 11.5 Å². The van der Waals surface area contributed by atoms with Gasteiger partial charge in [-0.05, 0) is 36.8 Å². The summed E-state index contributed by atoms with van der Waals surface area (Å²) in [5.41, 5.74) is 0.651. The quantitative estimate of drug-likeness (QED) is 0.522. The molecule has 1 aliphatic rings. The van der Waals surface area contributed by atoms with Gasteiger partial charge in [0.2, 0.25) is 15.8 Å². The van der Waals surface area contributed by atoms with Crippen molar-refractivity contribution >= 4 is 16.0 Å². The topological polar surface area (TPSA) is 91.4 Å². The Bertz CT molecular complexity index is 976. The van der Waals surface area contributed by atoms with E-state index in [4.69, 9.17) is 18.9 Å². The normalized spacial score (nSPS) is 15.0. The monoisotopic (exact) mass is 421 g/mol. The summed E-state index contributed by atoms with van der Waals surface area (Å²) in [7, 11) is -0.852. The lowest BCUT2D eigenvalue weighted by atomic mass is 10.1. The van der Waals surface area contributed by atoms with Crippen molar-refractivity contribution in [1.29, 1.82) is 0 Å². The number of hydrogen-bond acceptors (Lipinski definition) is 7. The molecule has 2 aromatic carbocycles. The highest BCUT2D eigenvalue weighted by Crippen LogP contribution is 2.37. The van der Waals surface area contributed by atoms with Crippen LogP contribution < -0.4 is 14.2 Å². The summed E-state index contributed by atoms with van der Waals surface area (Å²) in [6.45, 7) is 2.91. The number of aryl methyl sites for hydroxylation is 1. The fourth-order valence-electron chi connectivity index (χ4n) is 3.00. The van der Waals surface area contributed by atoms with Crippen molar-refractivity contribution in [2.45, 2.75) is 11.8 Å². The molecule has 0 spiro atoms. The predicted molar refractivity (Wildman–Crippen MR) is 105 cm³/mol. The molecular formula is C20H23NO7S. The molecule has 1 aliphatic heterocycles. The zero-order chi connectivity index (χ0) is 21.0. The van der Waals surface area contributed by atoms with Crippen LogP contribution in [-0.2, 0) is 14.8 Å². The maximum Gasteiger partial charge on any atom is 0.343 e. The van der Waals surface area contributed by atoms with Gasteiger partial charge < -0.3 is 18.9 Å². The molecule has 0 atom stereocenters. The summed E-state index contributed by atoms with van der Waals surface area (Å²) in [6.07, 6.45) is 0. The van der Waals surface area contributed by atoms with Crippen LogP contribution >= 0.6 is 0 Å². The number of benzene rings is 2. The number of rotatable bonds is 6. The number of hydrogen-bond donors (Lipinski definition) is 0. The number of ether oxygens (including phenoxy) is 4. The first-order valence-electron chi connectivity index (χ1n) is 9.00. The fourth-order valence-corrected chi connectivity index (χ4v) is 4.66. The molecule has 0 N–H and O–H groups in total. The van der Waals surface area contributed by atoms with Gasteiger partial charge in [0, 0.05) is 13.1 Å². The smallest absolute Gasteiger partial charge is 0.343 e. The number of sulfonamides is 1. The Labute approximate surface area is 170 Å². The van der Waals surface area contributed by atoms with Crippen molar-refractivity contribution in [2.24, 2.45) is 0 Å². The molecular weight excluding hydrogens is 398 g/mol. The van der Waals surface area contributed by atoms with Crippen molar-refractivity contribution in [3.63, 3.8) is 0 Å². The van der Waals surface area contributed by atoms with Crippen LogP contribution in [-0.4, -0.2) is 59.2 Å². The largest absolute Gasteiger partial charge is 0.493 e. The minimum atomic E-state index is -3.75. The second-order valence-corrected chi connectivity index (χ2v) is 8.28. The van der Waals surface area contributed by atoms with Crippen LogP contribution in [0.15, 0.2) is 41.3 Å². The fraction of sp³-hybridized carbons (Fsp3) is 0.350. The van der Waals surface area contributed by atoms with Crippen LogP contribution in [0.2, 0.25) is 0 Å². The summed E-state index contributed by atoms with van der Waals surface area (Å²) >= 11 is 0. The lowest BCUT2D eigenvalue weighted by Crippen LogP contribution is -2.40. The molecule has 1 heterocycles. The Morgan fingerprint density at radius 3 is 2.24 bits per heavy atom. The molecule has 156 valence electrons. The zero-order valence-electron chi connectivity index (χ0n) is 16.5. The molecule has 0 radical (unpaired) electrons. The molecule has 0 amide bonds. The minimum Gasteiger partial charge on any atom is -0.493 e. The molecule has 3 rings (SSSR count). The van der Waals surface area contributed by atoms with Gasteiger partial charge in [0.05, 0.1) is 37.9 Å². The van der Waals surface area contributed by atoms with Crippen molar-refractivity contribution in [1.82, 2.24) is 4.31 Å². The molecule has 0 saturated carbocycles. The highest BCUT2D eigenvalue weighted by atomic mass is 32.2. The summed E-state index contributed by atoms with van der Waals surface area (Å²) < 4.78 is 48.6. The van der Waals surface area contributed by atoms with E-state index in [9.17, 15) is 13.2 Å². The first-order chi connectivity index (χ1) is 13.9. The van der Waals surface area contributed by atoms with Crippen LogP contribution in [0.1, 0.15) is 15.9 Å². The first-order valence-corrected chi connectivity index (χ1v) is 10.4. The lowest BCUT2D eigenvalue weighted by Gasteiger charge is -2.26. The summed E-state index contributed by atoms with van der Waals surface area (Å²) in [4.78, 5) is 12.8. The molecule has 0 aromatic heterocycles. The summed E-state index contributed by atoms with van der Waals surface area (Å²) in [5.74, 6) is 0.0591. The number of morpholine rings is 1. The molecule has 9 heteroatoms. The molecule has 0 aliphatic carbocycles. The van der Waals surface area contributed by atoms with E-state index < -0.39 is 16.0 Å².